The minimum absolute atomic E-state index is 0.0712. The number of likely N-dealkylation sites (tertiary alicyclic amines) is 1. The third kappa shape index (κ3) is 4.82. The summed E-state index contributed by atoms with van der Waals surface area (Å²) in [5.74, 6) is -0.0929. The van der Waals surface area contributed by atoms with E-state index in [0.29, 0.717) is 31.3 Å². The Morgan fingerprint density at radius 2 is 2.10 bits per heavy atom. The van der Waals surface area contributed by atoms with Crippen molar-refractivity contribution in [1.82, 2.24) is 10.2 Å². The number of fused-ring (bicyclic) bond motifs is 1. The molecule has 3 fully saturated rings. The zero-order valence-corrected chi connectivity index (χ0v) is 17.3. The number of carbonyl (C=O) groups excluding carboxylic acids is 1. The molecule has 4 rings (SSSR count). The van der Waals surface area contributed by atoms with Crippen LogP contribution < -0.4 is 5.32 Å². The molecule has 164 valence electrons. The molecule has 1 aromatic carbocycles. The minimum Gasteiger partial charge on any atom is -0.483 e. The SMILES string of the molecule is Cc1ccccc1CCC(=O)NC[C@H]1[C@H]2CN(CC(=O)O)C[C@]23CC[C@H]1O3.O=CO. The van der Waals surface area contributed by atoms with Gasteiger partial charge in [-0.3, -0.25) is 19.3 Å². The summed E-state index contributed by atoms with van der Waals surface area (Å²) in [6.45, 7) is 3.99. The van der Waals surface area contributed by atoms with E-state index in [2.05, 4.69) is 24.4 Å². The summed E-state index contributed by atoms with van der Waals surface area (Å²) >= 11 is 0. The lowest BCUT2D eigenvalue weighted by Crippen LogP contribution is -2.41. The van der Waals surface area contributed by atoms with Crippen molar-refractivity contribution in [3.8, 4) is 0 Å². The zero-order valence-electron chi connectivity index (χ0n) is 17.3. The highest BCUT2D eigenvalue weighted by Crippen LogP contribution is 2.54. The first-order valence-electron chi connectivity index (χ1n) is 10.4. The molecule has 0 saturated carbocycles. The van der Waals surface area contributed by atoms with E-state index in [0.717, 1.165) is 25.8 Å². The van der Waals surface area contributed by atoms with Crippen LogP contribution in [0.5, 0.6) is 0 Å². The van der Waals surface area contributed by atoms with Crippen molar-refractivity contribution in [2.24, 2.45) is 11.8 Å². The highest BCUT2D eigenvalue weighted by atomic mass is 16.5. The Bertz CT molecular complexity index is 785. The highest BCUT2D eigenvalue weighted by molar-refractivity contribution is 5.76. The maximum Gasteiger partial charge on any atom is 0.317 e. The van der Waals surface area contributed by atoms with Crippen LogP contribution in [-0.2, 0) is 25.5 Å². The van der Waals surface area contributed by atoms with Crippen LogP contribution >= 0.6 is 0 Å². The van der Waals surface area contributed by atoms with Gasteiger partial charge < -0.3 is 20.3 Å². The highest BCUT2D eigenvalue weighted by Gasteiger charge is 2.62. The van der Waals surface area contributed by atoms with Crippen molar-refractivity contribution in [1.29, 1.82) is 0 Å². The first-order chi connectivity index (χ1) is 14.4. The topological polar surface area (TPSA) is 116 Å². The Morgan fingerprint density at radius 1 is 1.37 bits per heavy atom. The first kappa shape index (κ1) is 22.2. The fourth-order valence-electron chi connectivity index (χ4n) is 5.33. The Labute approximate surface area is 176 Å². The molecule has 8 heteroatoms. The van der Waals surface area contributed by atoms with Crippen LogP contribution in [0.1, 0.15) is 30.4 Å². The number of amides is 1. The summed E-state index contributed by atoms with van der Waals surface area (Å²) in [5, 5.41) is 19.1. The van der Waals surface area contributed by atoms with Gasteiger partial charge in [0.2, 0.25) is 5.91 Å². The summed E-state index contributed by atoms with van der Waals surface area (Å²) in [6, 6.07) is 8.17. The fourth-order valence-corrected chi connectivity index (χ4v) is 5.33. The molecule has 3 saturated heterocycles. The van der Waals surface area contributed by atoms with Crippen LogP contribution in [0.3, 0.4) is 0 Å². The monoisotopic (exact) mass is 418 g/mol. The molecule has 0 aliphatic carbocycles. The van der Waals surface area contributed by atoms with Crippen LogP contribution in [0.2, 0.25) is 0 Å². The number of carbonyl (C=O) groups is 3. The van der Waals surface area contributed by atoms with Gasteiger partial charge >= 0.3 is 5.97 Å². The van der Waals surface area contributed by atoms with E-state index >= 15 is 0 Å². The Morgan fingerprint density at radius 3 is 2.80 bits per heavy atom. The van der Waals surface area contributed by atoms with E-state index in [1.54, 1.807) is 0 Å². The molecule has 0 radical (unpaired) electrons. The number of rotatable bonds is 7. The van der Waals surface area contributed by atoms with Crippen LogP contribution in [0, 0.1) is 18.8 Å². The second-order valence-electron chi connectivity index (χ2n) is 8.43. The van der Waals surface area contributed by atoms with Crippen LogP contribution in [-0.4, -0.2) is 71.3 Å². The predicted molar refractivity (Wildman–Crippen MR) is 109 cm³/mol. The van der Waals surface area contributed by atoms with Gasteiger partial charge in [0.1, 0.15) is 0 Å². The molecule has 3 aliphatic rings. The Hall–Kier alpha value is -2.45. The van der Waals surface area contributed by atoms with Gasteiger partial charge in [0.15, 0.2) is 0 Å². The predicted octanol–water partition coefficient (Wildman–Crippen LogP) is 1.31. The van der Waals surface area contributed by atoms with Gasteiger partial charge in [0, 0.05) is 37.9 Å². The molecule has 3 aliphatic heterocycles. The third-order valence-corrected chi connectivity index (χ3v) is 6.63. The third-order valence-electron chi connectivity index (χ3n) is 6.63. The average Bonchev–Trinajstić information content (AvgIpc) is 3.33. The molecular weight excluding hydrogens is 388 g/mol. The van der Waals surface area contributed by atoms with Gasteiger partial charge in [-0.15, -0.1) is 0 Å². The van der Waals surface area contributed by atoms with Crippen LogP contribution in [0.25, 0.3) is 0 Å². The number of benzene rings is 1. The largest absolute Gasteiger partial charge is 0.483 e. The van der Waals surface area contributed by atoms with Crippen molar-refractivity contribution in [3.05, 3.63) is 35.4 Å². The lowest BCUT2D eigenvalue weighted by Gasteiger charge is -2.29. The van der Waals surface area contributed by atoms with Gasteiger partial charge in [0.25, 0.3) is 6.47 Å². The molecule has 30 heavy (non-hydrogen) atoms. The van der Waals surface area contributed by atoms with Crippen molar-refractivity contribution in [2.45, 2.75) is 44.3 Å². The molecule has 1 aromatic rings. The normalized spacial score (nSPS) is 29.0. The maximum atomic E-state index is 12.4. The second kappa shape index (κ2) is 9.57. The molecule has 0 aromatic heterocycles. The zero-order chi connectivity index (χ0) is 21.7. The van der Waals surface area contributed by atoms with Gasteiger partial charge in [-0.1, -0.05) is 24.3 Å². The molecule has 2 bridgehead atoms. The summed E-state index contributed by atoms with van der Waals surface area (Å²) in [4.78, 5) is 33.7. The van der Waals surface area contributed by atoms with Gasteiger partial charge in [-0.25, -0.2) is 0 Å². The number of ether oxygens (including phenoxy) is 1. The summed E-state index contributed by atoms with van der Waals surface area (Å²) in [7, 11) is 0. The molecule has 3 heterocycles. The number of carboxylic acids is 1. The van der Waals surface area contributed by atoms with E-state index in [1.165, 1.54) is 11.1 Å². The molecule has 3 N–H and O–H groups in total. The van der Waals surface area contributed by atoms with E-state index in [9.17, 15) is 9.59 Å². The number of carboxylic acid groups (broad SMARTS) is 2. The minimum atomic E-state index is -0.790. The van der Waals surface area contributed by atoms with Crippen molar-refractivity contribution in [2.75, 3.05) is 26.2 Å². The summed E-state index contributed by atoms with van der Waals surface area (Å²) in [5.41, 5.74) is 2.25. The van der Waals surface area contributed by atoms with E-state index in [-0.39, 0.29) is 30.6 Å². The van der Waals surface area contributed by atoms with Gasteiger partial charge in [-0.2, -0.15) is 0 Å². The molecule has 1 spiro atoms. The molecule has 1 amide bonds. The second-order valence-corrected chi connectivity index (χ2v) is 8.43. The summed E-state index contributed by atoms with van der Waals surface area (Å²) < 4.78 is 6.30. The Balaban J connectivity index is 0.000000806. The van der Waals surface area contributed by atoms with E-state index in [1.807, 2.05) is 17.0 Å². The van der Waals surface area contributed by atoms with Crippen molar-refractivity contribution >= 4 is 18.3 Å². The molecule has 0 unspecified atom stereocenters. The lowest BCUT2D eigenvalue weighted by atomic mass is 9.73. The number of hydrogen-bond donors (Lipinski definition) is 3. The standard InChI is InChI=1S/C21H28N2O4.CH2O2/c1-14-4-2-3-5-15(14)6-7-19(24)22-10-16-17-11-23(12-20(25)26)13-21(17)9-8-18(16)27-21;2-1-3/h2-5,16-18H,6-13H2,1H3,(H,22,24)(H,25,26);1H,(H,2,3)/t16-,17+,18+,21+;/m0./s1. The number of nitrogens with zero attached hydrogens (tertiary/aromatic N) is 1. The Kier molecular flexibility index (Phi) is 7.10. The fraction of sp³-hybridized carbons (Fsp3) is 0.591. The number of nitrogens with one attached hydrogen (secondary N) is 1. The first-order valence-corrected chi connectivity index (χ1v) is 10.4. The van der Waals surface area contributed by atoms with Crippen molar-refractivity contribution < 1.29 is 29.3 Å². The molecular formula is C22H30N2O6. The average molecular weight is 418 g/mol. The number of hydrogen-bond acceptors (Lipinski definition) is 5. The smallest absolute Gasteiger partial charge is 0.317 e. The quantitative estimate of drug-likeness (QED) is 0.572. The van der Waals surface area contributed by atoms with Crippen LogP contribution in [0.4, 0.5) is 0 Å². The van der Waals surface area contributed by atoms with Gasteiger partial charge in [0.05, 0.1) is 18.2 Å². The summed E-state index contributed by atoms with van der Waals surface area (Å²) in [6.07, 6.45) is 3.48. The van der Waals surface area contributed by atoms with Crippen LogP contribution in [0.15, 0.2) is 24.3 Å². The van der Waals surface area contributed by atoms with Gasteiger partial charge in [-0.05, 0) is 37.3 Å². The lowest BCUT2D eigenvalue weighted by molar-refractivity contribution is -0.138. The maximum absolute atomic E-state index is 12.4. The van der Waals surface area contributed by atoms with Crippen molar-refractivity contribution in [3.63, 3.8) is 0 Å². The molecule has 8 nitrogen and oxygen atoms in total. The number of aliphatic carboxylic acids is 1. The van der Waals surface area contributed by atoms with E-state index in [4.69, 9.17) is 19.7 Å². The van der Waals surface area contributed by atoms with E-state index < -0.39 is 5.97 Å². The number of aryl methyl sites for hydroxylation is 2. The molecule has 4 atom stereocenters.